The molecule has 1 atom stereocenters. The molecule has 0 aliphatic carbocycles. The van der Waals surface area contributed by atoms with Crippen LogP contribution in [0.3, 0.4) is 0 Å². The first kappa shape index (κ1) is 18.6. The number of benzene rings is 2. The maximum absolute atomic E-state index is 13.7. The number of fused-ring (bicyclic) bond motifs is 1. The zero-order chi connectivity index (χ0) is 20.4. The largest absolute Gasteiger partial charge is 0.493 e. The van der Waals surface area contributed by atoms with Crippen molar-refractivity contribution in [3.05, 3.63) is 65.9 Å². The number of hydrogen-bond acceptors (Lipinski definition) is 4. The molecule has 0 saturated carbocycles. The number of hydrogen-bond donors (Lipinski definition) is 1. The van der Waals surface area contributed by atoms with E-state index in [0.717, 1.165) is 5.56 Å². The highest BCUT2D eigenvalue weighted by Gasteiger charge is 2.31. The van der Waals surface area contributed by atoms with E-state index in [-0.39, 0.29) is 30.7 Å². The molecule has 1 N–H and O–H groups in total. The lowest BCUT2D eigenvalue weighted by molar-refractivity contribution is -0.116. The number of imidazole rings is 1. The highest BCUT2D eigenvalue weighted by atomic mass is 19.1. The Bertz CT molecular complexity index is 1120. The van der Waals surface area contributed by atoms with E-state index in [9.17, 15) is 9.18 Å². The zero-order valence-corrected chi connectivity index (χ0v) is 15.7. The highest BCUT2D eigenvalue weighted by Crippen LogP contribution is 2.40. The number of nitrogens with zero attached hydrogens (tertiary/aromatic N) is 2. The van der Waals surface area contributed by atoms with Crippen LogP contribution in [0.1, 0.15) is 23.6 Å². The molecule has 6 nitrogen and oxygen atoms in total. The number of carbonyl (C=O) groups excluding carboxylic acids is 1. The van der Waals surface area contributed by atoms with Gasteiger partial charge in [0, 0.05) is 12.3 Å². The summed E-state index contributed by atoms with van der Waals surface area (Å²) in [6, 6.07) is 11.6. The van der Waals surface area contributed by atoms with Gasteiger partial charge in [0.1, 0.15) is 24.6 Å². The molecule has 1 aliphatic heterocycles. The van der Waals surface area contributed by atoms with Crippen LogP contribution in [0.25, 0.3) is 5.69 Å². The van der Waals surface area contributed by atoms with Crippen molar-refractivity contribution in [3.8, 4) is 29.5 Å². The monoisotopic (exact) mass is 391 g/mol. The molecule has 146 valence electrons. The van der Waals surface area contributed by atoms with Gasteiger partial charge in [0.05, 0.1) is 18.5 Å². The summed E-state index contributed by atoms with van der Waals surface area (Å²) in [6.07, 6.45) is 7.10. The molecule has 1 aliphatic rings. The number of amides is 1. The highest BCUT2D eigenvalue weighted by molar-refractivity contribution is 5.94. The number of rotatable bonds is 5. The summed E-state index contributed by atoms with van der Waals surface area (Å²) in [7, 11) is 1.55. The SMILES string of the molecule is C#CCOc1cc(C2CC(=O)Nc3c2ncn3-c2cccc(F)c2)ccc1OC. The molecule has 1 unspecified atom stereocenters. The van der Waals surface area contributed by atoms with E-state index >= 15 is 0 Å². The van der Waals surface area contributed by atoms with Crippen LogP contribution >= 0.6 is 0 Å². The minimum Gasteiger partial charge on any atom is -0.493 e. The zero-order valence-electron chi connectivity index (χ0n) is 15.7. The molecule has 29 heavy (non-hydrogen) atoms. The molecule has 1 aromatic heterocycles. The summed E-state index contributed by atoms with van der Waals surface area (Å²) >= 11 is 0. The van der Waals surface area contributed by atoms with Crippen molar-refractivity contribution in [2.24, 2.45) is 0 Å². The Labute approximate surface area is 167 Å². The second-order valence-corrected chi connectivity index (χ2v) is 6.54. The number of halogens is 1. The first-order chi connectivity index (χ1) is 14.1. The fourth-order valence-corrected chi connectivity index (χ4v) is 3.45. The smallest absolute Gasteiger partial charge is 0.226 e. The van der Waals surface area contributed by atoms with Gasteiger partial charge >= 0.3 is 0 Å². The molecule has 7 heteroatoms. The molecule has 0 fully saturated rings. The van der Waals surface area contributed by atoms with E-state index in [1.807, 2.05) is 12.1 Å². The van der Waals surface area contributed by atoms with Crippen molar-refractivity contribution in [1.82, 2.24) is 9.55 Å². The lowest BCUT2D eigenvalue weighted by atomic mass is 9.89. The van der Waals surface area contributed by atoms with Crippen LogP contribution in [-0.4, -0.2) is 29.2 Å². The van der Waals surface area contributed by atoms with Gasteiger partial charge in [0.25, 0.3) is 0 Å². The Morgan fingerprint density at radius 3 is 2.93 bits per heavy atom. The third-order valence-corrected chi connectivity index (χ3v) is 4.76. The maximum Gasteiger partial charge on any atom is 0.226 e. The van der Waals surface area contributed by atoms with Gasteiger partial charge in [0.15, 0.2) is 11.5 Å². The van der Waals surface area contributed by atoms with Crippen molar-refractivity contribution >= 4 is 11.7 Å². The van der Waals surface area contributed by atoms with Crippen LogP contribution in [0, 0.1) is 18.2 Å². The van der Waals surface area contributed by atoms with Gasteiger partial charge in [-0.25, -0.2) is 9.37 Å². The van der Waals surface area contributed by atoms with E-state index in [1.54, 1.807) is 36.2 Å². The summed E-state index contributed by atoms with van der Waals surface area (Å²) in [4.78, 5) is 16.9. The molecule has 0 radical (unpaired) electrons. The predicted molar refractivity (Wildman–Crippen MR) is 106 cm³/mol. The first-order valence-corrected chi connectivity index (χ1v) is 8.98. The molecule has 0 bridgehead atoms. The second kappa shape index (κ2) is 7.68. The van der Waals surface area contributed by atoms with Gasteiger partial charge in [-0.2, -0.15) is 0 Å². The number of aromatic nitrogens is 2. The fourth-order valence-electron chi connectivity index (χ4n) is 3.45. The summed E-state index contributed by atoms with van der Waals surface area (Å²) in [6.45, 7) is 0.102. The van der Waals surface area contributed by atoms with Crippen LogP contribution in [-0.2, 0) is 4.79 Å². The maximum atomic E-state index is 13.7. The lowest BCUT2D eigenvalue weighted by Crippen LogP contribution is -2.25. The van der Waals surface area contributed by atoms with Crippen LogP contribution in [0.4, 0.5) is 10.2 Å². The molecular weight excluding hydrogens is 373 g/mol. The van der Waals surface area contributed by atoms with Gasteiger partial charge in [0.2, 0.25) is 5.91 Å². The Morgan fingerprint density at radius 1 is 1.31 bits per heavy atom. The Kier molecular flexibility index (Phi) is 4.92. The van der Waals surface area contributed by atoms with Gasteiger partial charge in [-0.1, -0.05) is 18.1 Å². The molecule has 0 saturated heterocycles. The molecule has 2 aromatic carbocycles. The number of carbonyl (C=O) groups is 1. The minimum atomic E-state index is -0.367. The third kappa shape index (κ3) is 3.52. The molecular formula is C22H18FN3O3. The number of ether oxygens (including phenoxy) is 2. The molecule has 4 rings (SSSR count). The van der Waals surface area contributed by atoms with Crippen LogP contribution < -0.4 is 14.8 Å². The van der Waals surface area contributed by atoms with Crippen molar-refractivity contribution in [3.63, 3.8) is 0 Å². The summed E-state index contributed by atoms with van der Waals surface area (Å²) in [5, 5.41) is 2.85. The van der Waals surface area contributed by atoms with Crippen molar-refractivity contribution in [2.75, 3.05) is 19.0 Å². The van der Waals surface area contributed by atoms with Crippen molar-refractivity contribution < 1.29 is 18.7 Å². The van der Waals surface area contributed by atoms with Crippen molar-refractivity contribution in [2.45, 2.75) is 12.3 Å². The van der Waals surface area contributed by atoms with Gasteiger partial charge in [-0.15, -0.1) is 6.42 Å². The van der Waals surface area contributed by atoms with Crippen LogP contribution in [0.2, 0.25) is 0 Å². The minimum absolute atomic E-state index is 0.102. The number of terminal acetylenes is 1. The van der Waals surface area contributed by atoms with E-state index in [4.69, 9.17) is 15.9 Å². The van der Waals surface area contributed by atoms with Crippen LogP contribution in [0.15, 0.2) is 48.8 Å². The van der Waals surface area contributed by atoms with Gasteiger partial charge in [-0.05, 0) is 35.9 Å². The van der Waals surface area contributed by atoms with Gasteiger partial charge < -0.3 is 14.8 Å². The molecule has 1 amide bonds. The Morgan fingerprint density at radius 2 is 2.17 bits per heavy atom. The Balaban J connectivity index is 1.76. The number of methoxy groups -OCH3 is 1. The Hall–Kier alpha value is -3.79. The lowest BCUT2D eigenvalue weighted by Gasteiger charge is -2.24. The normalized spacial score (nSPS) is 15.2. The van der Waals surface area contributed by atoms with E-state index < -0.39 is 0 Å². The molecule has 2 heterocycles. The fraction of sp³-hybridized carbons (Fsp3) is 0.182. The van der Waals surface area contributed by atoms with E-state index in [1.165, 1.54) is 12.1 Å². The van der Waals surface area contributed by atoms with Gasteiger partial charge in [-0.3, -0.25) is 9.36 Å². The third-order valence-electron chi connectivity index (χ3n) is 4.76. The first-order valence-electron chi connectivity index (χ1n) is 8.98. The average Bonchev–Trinajstić information content (AvgIpc) is 3.15. The molecule has 0 spiro atoms. The number of nitrogens with one attached hydrogen (secondary N) is 1. The quantitative estimate of drug-likeness (QED) is 0.676. The molecule has 3 aromatic rings. The second-order valence-electron chi connectivity index (χ2n) is 6.54. The van der Waals surface area contributed by atoms with Crippen LogP contribution in [0.5, 0.6) is 11.5 Å². The topological polar surface area (TPSA) is 65.4 Å². The summed E-state index contributed by atoms with van der Waals surface area (Å²) in [5.74, 6) is 3.20. The summed E-state index contributed by atoms with van der Waals surface area (Å²) < 4.78 is 26.2. The number of anilines is 1. The average molecular weight is 391 g/mol. The predicted octanol–water partition coefficient (Wildman–Crippen LogP) is 3.51. The van der Waals surface area contributed by atoms with E-state index in [2.05, 4.69) is 16.2 Å². The summed E-state index contributed by atoms with van der Waals surface area (Å²) in [5.41, 5.74) is 2.12. The van der Waals surface area contributed by atoms with Crippen molar-refractivity contribution in [1.29, 1.82) is 0 Å². The van der Waals surface area contributed by atoms with E-state index in [0.29, 0.717) is 28.7 Å². The standard InChI is InChI=1S/C22H18FN3O3/c1-3-9-29-19-10-14(7-8-18(19)28-2)17-12-20(27)25-22-21(17)24-13-26(22)16-6-4-5-15(23)11-16/h1,4-8,10-11,13,17H,9,12H2,2H3,(H,25,27).